The Hall–Kier alpha value is 0.0000000000000000555. The average Bonchev–Trinajstić information content (AvgIpc) is 2.84. The Kier molecular flexibility index (Phi) is 2.79. The lowest BCUT2D eigenvalue weighted by atomic mass is 10.2. The molecule has 0 saturated heterocycles. The van der Waals surface area contributed by atoms with E-state index < -0.39 is 0 Å². The van der Waals surface area contributed by atoms with Gasteiger partial charge in [-0.3, -0.25) is 0 Å². The van der Waals surface area contributed by atoms with E-state index in [-0.39, 0.29) is 13.6 Å². The van der Waals surface area contributed by atoms with E-state index in [4.69, 9.17) is 0 Å². The van der Waals surface area contributed by atoms with Crippen LogP contribution in [0.15, 0.2) is 46.2 Å². The van der Waals surface area contributed by atoms with Crippen molar-refractivity contribution in [3.8, 4) is 0 Å². The van der Waals surface area contributed by atoms with Crippen LogP contribution in [0.1, 0.15) is 11.1 Å². The van der Waals surface area contributed by atoms with Crippen molar-refractivity contribution in [2.75, 3.05) is 0 Å². The highest BCUT2D eigenvalue weighted by Gasteiger charge is 2.43. The first-order valence-corrected chi connectivity index (χ1v) is 12.1. The Balaban J connectivity index is 1.98. The third kappa shape index (κ3) is 1.56. The van der Waals surface area contributed by atoms with E-state index in [0.717, 1.165) is 0 Å². The molecule has 0 aliphatic carbocycles. The Morgan fingerprint density at radius 2 is 1.28 bits per heavy atom. The van der Waals surface area contributed by atoms with Crippen LogP contribution in [0.3, 0.4) is 0 Å². The molecule has 2 aliphatic rings. The Labute approximate surface area is 118 Å². The molecule has 0 saturated carbocycles. The minimum absolute atomic E-state index is 0.0190. The monoisotopic (exact) mass is 306 g/mol. The molecule has 4 heteroatoms. The van der Waals surface area contributed by atoms with Crippen molar-refractivity contribution in [3.63, 3.8) is 0 Å². The molecule has 0 spiro atoms. The number of aryl methyl sites for hydroxylation is 2. The van der Waals surface area contributed by atoms with Gasteiger partial charge in [0.15, 0.2) is 0 Å². The van der Waals surface area contributed by atoms with Gasteiger partial charge in [0, 0.05) is 28.0 Å². The van der Waals surface area contributed by atoms with Gasteiger partial charge in [-0.05, 0) is 37.1 Å². The largest absolute Gasteiger partial charge is 0.0807 e. The SMILES string of the molecule is Cc1cccc2c1P1c3c(C)cccc3SP1S2. The Morgan fingerprint density at radius 3 is 1.78 bits per heavy atom. The van der Waals surface area contributed by atoms with Crippen LogP contribution in [0.5, 0.6) is 0 Å². The summed E-state index contributed by atoms with van der Waals surface area (Å²) in [5.74, 6) is 0. The van der Waals surface area contributed by atoms with Crippen LogP contribution < -0.4 is 10.6 Å². The summed E-state index contributed by atoms with van der Waals surface area (Å²) in [7, 11) is -0.0756. The number of benzene rings is 2. The van der Waals surface area contributed by atoms with Crippen LogP contribution in [0.2, 0.25) is 0 Å². The average molecular weight is 306 g/mol. The van der Waals surface area contributed by atoms with Crippen molar-refractivity contribution >= 4 is 47.0 Å². The topological polar surface area (TPSA) is 0 Å². The molecule has 2 aromatic carbocycles. The van der Waals surface area contributed by atoms with Crippen molar-refractivity contribution < 1.29 is 0 Å². The number of hydrogen-bond donors (Lipinski definition) is 0. The fourth-order valence-corrected chi connectivity index (χ4v) is 20.3. The summed E-state index contributed by atoms with van der Waals surface area (Å²) in [4.78, 5) is 3.10. The second kappa shape index (κ2) is 4.25. The lowest BCUT2D eigenvalue weighted by molar-refractivity contribution is 1.41. The van der Waals surface area contributed by atoms with E-state index in [0.29, 0.717) is 0 Å². The predicted molar refractivity (Wildman–Crippen MR) is 87.2 cm³/mol. The Morgan fingerprint density at radius 1 is 0.778 bits per heavy atom. The smallest absolute Gasteiger partial charge is 0.0564 e. The molecule has 2 aliphatic heterocycles. The Bertz CT molecular complexity index is 599. The van der Waals surface area contributed by atoms with Gasteiger partial charge < -0.3 is 0 Å². The molecule has 0 N–H and O–H groups in total. The lowest BCUT2D eigenvalue weighted by Gasteiger charge is -2.14. The molecule has 0 nitrogen and oxygen atoms in total. The van der Waals surface area contributed by atoms with Crippen LogP contribution >= 0.6 is 36.4 Å². The first-order valence-electron chi connectivity index (χ1n) is 5.91. The molecule has 0 atom stereocenters. The third-order valence-electron chi connectivity index (χ3n) is 3.34. The first kappa shape index (κ1) is 11.8. The van der Waals surface area contributed by atoms with Crippen molar-refractivity contribution in [2.45, 2.75) is 23.6 Å². The second-order valence-corrected chi connectivity index (χ2v) is 15.8. The maximum atomic E-state index is 2.31. The molecule has 2 heterocycles. The van der Waals surface area contributed by atoms with E-state index in [1.807, 2.05) is 0 Å². The zero-order chi connectivity index (χ0) is 12.3. The lowest BCUT2D eigenvalue weighted by Crippen LogP contribution is -2.13. The summed E-state index contributed by atoms with van der Waals surface area (Å²) in [6.07, 6.45) is 0. The van der Waals surface area contributed by atoms with Crippen LogP contribution in [0, 0.1) is 13.8 Å². The van der Waals surface area contributed by atoms with Gasteiger partial charge in [-0.2, -0.15) is 0 Å². The van der Waals surface area contributed by atoms with Crippen LogP contribution in [0.4, 0.5) is 0 Å². The quantitative estimate of drug-likeness (QED) is 0.615. The van der Waals surface area contributed by atoms with E-state index in [9.17, 15) is 0 Å². The van der Waals surface area contributed by atoms with Gasteiger partial charge in [0.2, 0.25) is 0 Å². The van der Waals surface area contributed by atoms with Gasteiger partial charge in [0.1, 0.15) is 0 Å². The molecule has 2 aromatic rings. The molecule has 90 valence electrons. The van der Waals surface area contributed by atoms with Crippen molar-refractivity contribution in [2.24, 2.45) is 0 Å². The maximum Gasteiger partial charge on any atom is 0.0564 e. The summed E-state index contributed by atoms with van der Waals surface area (Å²) in [5.41, 5.74) is 2.99. The number of rotatable bonds is 0. The summed E-state index contributed by atoms with van der Waals surface area (Å²) >= 11 is 4.29. The van der Waals surface area contributed by atoms with E-state index in [1.165, 1.54) is 11.1 Å². The van der Waals surface area contributed by atoms with Gasteiger partial charge in [-0.1, -0.05) is 47.0 Å². The second-order valence-electron chi connectivity index (χ2n) is 4.58. The molecular formula is C14H12P2S2. The van der Waals surface area contributed by atoms with Crippen molar-refractivity contribution in [1.29, 1.82) is 0 Å². The minimum atomic E-state index is -0.0756. The normalized spacial score (nSPS) is 23.7. The fourth-order valence-electron chi connectivity index (χ4n) is 2.50. The highest BCUT2D eigenvalue weighted by Crippen LogP contribution is 2.92. The maximum absolute atomic E-state index is 2.31. The summed E-state index contributed by atoms with van der Waals surface area (Å²) < 4.78 is 0. The van der Waals surface area contributed by atoms with Gasteiger partial charge >= 0.3 is 0 Å². The van der Waals surface area contributed by atoms with Crippen LogP contribution in [-0.4, -0.2) is 0 Å². The molecule has 0 amide bonds. The highest BCUT2D eigenvalue weighted by molar-refractivity contribution is 9.07. The fraction of sp³-hybridized carbons (Fsp3) is 0.143. The third-order valence-corrected chi connectivity index (χ3v) is 17.4. The molecule has 0 unspecified atom stereocenters. The predicted octanol–water partition coefficient (Wildman–Crippen LogP) is 5.17. The van der Waals surface area contributed by atoms with E-state index in [2.05, 4.69) is 73.0 Å². The van der Waals surface area contributed by atoms with Crippen LogP contribution in [0.25, 0.3) is 0 Å². The highest BCUT2D eigenvalue weighted by atomic mass is 33.2. The zero-order valence-electron chi connectivity index (χ0n) is 10.2. The summed E-state index contributed by atoms with van der Waals surface area (Å²) in [6.45, 7) is 4.56. The van der Waals surface area contributed by atoms with Gasteiger partial charge in [0.25, 0.3) is 0 Å². The van der Waals surface area contributed by atoms with Crippen LogP contribution in [-0.2, 0) is 0 Å². The molecule has 18 heavy (non-hydrogen) atoms. The molecule has 0 radical (unpaired) electrons. The molecule has 4 rings (SSSR count). The molecule has 0 bridgehead atoms. The van der Waals surface area contributed by atoms with Crippen molar-refractivity contribution in [1.82, 2.24) is 0 Å². The minimum Gasteiger partial charge on any atom is -0.0807 e. The van der Waals surface area contributed by atoms with E-state index >= 15 is 0 Å². The summed E-state index contributed by atoms with van der Waals surface area (Å²) in [5, 5.41) is 3.34. The summed E-state index contributed by atoms with van der Waals surface area (Å²) in [6, 6.07) is 13.6. The molecule has 0 fully saturated rings. The molecular weight excluding hydrogens is 294 g/mol. The van der Waals surface area contributed by atoms with Gasteiger partial charge in [-0.25, -0.2) is 0 Å². The van der Waals surface area contributed by atoms with E-state index in [1.54, 1.807) is 20.4 Å². The molecule has 0 aromatic heterocycles. The van der Waals surface area contributed by atoms with Gasteiger partial charge in [-0.15, -0.1) is 0 Å². The zero-order valence-corrected chi connectivity index (χ0v) is 13.6. The van der Waals surface area contributed by atoms with Gasteiger partial charge in [0.05, 0.1) is 6.01 Å². The number of hydrogen-bond acceptors (Lipinski definition) is 2. The number of fused-ring (bicyclic) bond motifs is 5. The van der Waals surface area contributed by atoms with Crippen molar-refractivity contribution in [3.05, 3.63) is 47.5 Å². The standard InChI is InChI=1S/C14H12P2S2/c1-9-5-3-7-11-13(9)15-14-10(2)6-4-8-12(14)18-16(15)17-11/h3-8H,1-2H3. The first-order chi connectivity index (χ1) is 8.75.